The van der Waals surface area contributed by atoms with E-state index in [1.807, 2.05) is 6.26 Å². The van der Waals surface area contributed by atoms with Gasteiger partial charge in [0.05, 0.1) is 19.5 Å². The van der Waals surface area contributed by atoms with Crippen molar-refractivity contribution in [2.24, 2.45) is 0 Å². The van der Waals surface area contributed by atoms with Gasteiger partial charge >= 0.3 is 0 Å². The molecule has 0 aromatic rings. The van der Waals surface area contributed by atoms with Crippen molar-refractivity contribution in [2.75, 3.05) is 13.7 Å². The van der Waals surface area contributed by atoms with Crippen LogP contribution < -0.4 is 0 Å². The van der Waals surface area contributed by atoms with Gasteiger partial charge < -0.3 is 9.47 Å². The molecule has 1 rings (SSSR count). The lowest BCUT2D eigenvalue weighted by Gasteiger charge is -2.23. The number of hydrogen-bond acceptors (Lipinski definition) is 2. The maximum Gasteiger partial charge on any atom is 0.0816 e. The second kappa shape index (κ2) is 5.20. The first-order valence-electron chi connectivity index (χ1n) is 4.69. The van der Waals surface area contributed by atoms with Gasteiger partial charge in [0.1, 0.15) is 0 Å². The van der Waals surface area contributed by atoms with E-state index in [1.165, 1.54) is 5.57 Å². The van der Waals surface area contributed by atoms with Gasteiger partial charge in [0.15, 0.2) is 0 Å². The van der Waals surface area contributed by atoms with Crippen molar-refractivity contribution >= 4 is 0 Å². The van der Waals surface area contributed by atoms with E-state index in [0.717, 1.165) is 32.3 Å². The Balaban J connectivity index is 2.24. The monoisotopic (exact) mass is 170 g/mol. The maximum atomic E-state index is 5.54. The van der Waals surface area contributed by atoms with Gasteiger partial charge in [0, 0.05) is 6.61 Å². The highest BCUT2D eigenvalue weighted by Crippen LogP contribution is 2.25. The Morgan fingerprint density at radius 2 is 2.08 bits per heavy atom. The Labute approximate surface area is 74.6 Å². The molecule has 0 aromatic heterocycles. The van der Waals surface area contributed by atoms with E-state index >= 15 is 0 Å². The van der Waals surface area contributed by atoms with Crippen molar-refractivity contribution in [1.29, 1.82) is 0 Å². The molecule has 0 bridgehead atoms. The van der Waals surface area contributed by atoms with Crippen LogP contribution in [-0.4, -0.2) is 19.8 Å². The molecule has 0 unspecified atom stereocenters. The molecule has 12 heavy (non-hydrogen) atoms. The zero-order chi connectivity index (χ0) is 8.81. The minimum atomic E-state index is 0.490. The average Bonchev–Trinajstić information content (AvgIpc) is 2.09. The third kappa shape index (κ3) is 2.86. The maximum absolute atomic E-state index is 5.54. The molecule has 1 fully saturated rings. The quantitative estimate of drug-likeness (QED) is 0.606. The molecule has 1 aliphatic rings. The fourth-order valence-corrected chi connectivity index (χ4v) is 1.65. The summed E-state index contributed by atoms with van der Waals surface area (Å²) in [5, 5.41) is 0. The van der Waals surface area contributed by atoms with Gasteiger partial charge in [-0.25, -0.2) is 0 Å². The van der Waals surface area contributed by atoms with Crippen LogP contribution >= 0.6 is 0 Å². The van der Waals surface area contributed by atoms with Crippen molar-refractivity contribution in [3.8, 4) is 0 Å². The number of allylic oxidation sites excluding steroid dienone is 1. The molecule has 2 nitrogen and oxygen atoms in total. The summed E-state index contributed by atoms with van der Waals surface area (Å²) in [6, 6.07) is 0. The van der Waals surface area contributed by atoms with Crippen molar-refractivity contribution < 1.29 is 9.47 Å². The van der Waals surface area contributed by atoms with E-state index in [1.54, 1.807) is 7.11 Å². The molecule has 0 saturated heterocycles. The smallest absolute Gasteiger partial charge is 0.0816 e. The minimum absolute atomic E-state index is 0.490. The van der Waals surface area contributed by atoms with Crippen LogP contribution in [0.25, 0.3) is 0 Å². The predicted octanol–water partition coefficient (Wildman–Crippen LogP) is 2.50. The predicted molar refractivity (Wildman–Crippen MR) is 49.0 cm³/mol. The number of hydrogen-bond donors (Lipinski definition) is 0. The fraction of sp³-hybridized carbons (Fsp3) is 0.800. The molecule has 0 heterocycles. The zero-order valence-electron chi connectivity index (χ0n) is 8.01. The van der Waals surface area contributed by atoms with Crippen molar-refractivity contribution in [3.63, 3.8) is 0 Å². The second-order valence-electron chi connectivity index (χ2n) is 3.17. The van der Waals surface area contributed by atoms with Crippen LogP contribution in [0.5, 0.6) is 0 Å². The molecule has 0 amide bonds. The summed E-state index contributed by atoms with van der Waals surface area (Å²) in [4.78, 5) is 0. The molecule has 0 aromatic carbocycles. The van der Waals surface area contributed by atoms with Gasteiger partial charge in [-0.15, -0.1) is 0 Å². The van der Waals surface area contributed by atoms with Gasteiger partial charge in [0.2, 0.25) is 0 Å². The summed E-state index contributed by atoms with van der Waals surface area (Å²) in [5.74, 6) is 0. The van der Waals surface area contributed by atoms with E-state index in [-0.39, 0.29) is 0 Å². The molecule has 0 atom stereocenters. The Morgan fingerprint density at radius 1 is 1.42 bits per heavy atom. The van der Waals surface area contributed by atoms with Gasteiger partial charge in [-0.05, 0) is 38.2 Å². The molecule has 0 radical (unpaired) electrons. The highest BCUT2D eigenvalue weighted by atomic mass is 16.5. The van der Waals surface area contributed by atoms with Crippen molar-refractivity contribution in [1.82, 2.24) is 0 Å². The molecular formula is C10H18O2. The summed E-state index contributed by atoms with van der Waals surface area (Å²) in [7, 11) is 1.71. The van der Waals surface area contributed by atoms with Crippen LogP contribution in [0.3, 0.4) is 0 Å². The normalized spacial score (nSPS) is 23.8. The van der Waals surface area contributed by atoms with E-state index in [9.17, 15) is 0 Å². The molecule has 1 aliphatic carbocycles. The summed E-state index contributed by atoms with van der Waals surface area (Å²) < 4.78 is 10.5. The third-order valence-corrected chi connectivity index (χ3v) is 2.26. The number of methoxy groups -OCH3 is 1. The average molecular weight is 170 g/mol. The van der Waals surface area contributed by atoms with Crippen molar-refractivity contribution in [3.05, 3.63) is 11.8 Å². The molecule has 70 valence electrons. The van der Waals surface area contributed by atoms with E-state index < -0.39 is 0 Å². The van der Waals surface area contributed by atoms with E-state index in [4.69, 9.17) is 9.47 Å². The SMILES string of the molecule is CCOC1CCC(=COC)CC1. The summed E-state index contributed by atoms with van der Waals surface area (Å²) >= 11 is 0. The van der Waals surface area contributed by atoms with Gasteiger partial charge in [-0.1, -0.05) is 0 Å². The first kappa shape index (κ1) is 9.59. The largest absolute Gasteiger partial charge is 0.504 e. The van der Waals surface area contributed by atoms with Gasteiger partial charge in [-0.3, -0.25) is 0 Å². The van der Waals surface area contributed by atoms with Crippen LogP contribution in [0.1, 0.15) is 32.6 Å². The first-order chi connectivity index (χ1) is 5.86. The number of ether oxygens (including phenoxy) is 2. The minimum Gasteiger partial charge on any atom is -0.504 e. The molecule has 0 N–H and O–H groups in total. The van der Waals surface area contributed by atoms with Gasteiger partial charge in [-0.2, -0.15) is 0 Å². The lowest BCUT2D eigenvalue weighted by molar-refractivity contribution is 0.0438. The lowest BCUT2D eigenvalue weighted by Crippen LogP contribution is -2.17. The Morgan fingerprint density at radius 3 is 2.58 bits per heavy atom. The van der Waals surface area contributed by atoms with E-state index in [2.05, 4.69) is 6.92 Å². The zero-order valence-corrected chi connectivity index (χ0v) is 8.01. The number of rotatable bonds is 3. The molecule has 0 aliphatic heterocycles. The summed E-state index contributed by atoms with van der Waals surface area (Å²) in [6.07, 6.45) is 6.95. The lowest BCUT2D eigenvalue weighted by atomic mass is 9.93. The second-order valence-corrected chi connectivity index (χ2v) is 3.17. The highest BCUT2D eigenvalue weighted by Gasteiger charge is 2.16. The third-order valence-electron chi connectivity index (χ3n) is 2.26. The topological polar surface area (TPSA) is 18.5 Å². The molecular weight excluding hydrogens is 152 g/mol. The highest BCUT2D eigenvalue weighted by molar-refractivity contribution is 5.02. The van der Waals surface area contributed by atoms with Crippen LogP contribution in [0.15, 0.2) is 11.8 Å². The Hall–Kier alpha value is -0.500. The Bertz CT molecular complexity index is 142. The Kier molecular flexibility index (Phi) is 4.15. The standard InChI is InChI=1S/C10H18O2/c1-3-12-10-6-4-9(5-7-10)8-11-2/h8,10H,3-7H2,1-2H3. The fourth-order valence-electron chi connectivity index (χ4n) is 1.65. The van der Waals surface area contributed by atoms with Crippen molar-refractivity contribution in [2.45, 2.75) is 38.7 Å². The van der Waals surface area contributed by atoms with Crippen LogP contribution in [0.4, 0.5) is 0 Å². The van der Waals surface area contributed by atoms with Crippen LogP contribution in [-0.2, 0) is 9.47 Å². The van der Waals surface area contributed by atoms with Crippen LogP contribution in [0.2, 0.25) is 0 Å². The molecule has 2 heteroatoms. The van der Waals surface area contributed by atoms with E-state index in [0.29, 0.717) is 6.10 Å². The first-order valence-corrected chi connectivity index (χ1v) is 4.69. The molecule has 0 spiro atoms. The summed E-state index contributed by atoms with van der Waals surface area (Å²) in [5.41, 5.74) is 1.42. The molecule has 1 saturated carbocycles. The van der Waals surface area contributed by atoms with Gasteiger partial charge in [0.25, 0.3) is 0 Å². The summed E-state index contributed by atoms with van der Waals surface area (Å²) in [6.45, 7) is 2.90. The van der Waals surface area contributed by atoms with Crippen LogP contribution in [0, 0.1) is 0 Å².